The number of hydrogen-bond acceptors (Lipinski definition) is 5. The first-order valence-electron chi connectivity index (χ1n) is 8.95. The van der Waals surface area contributed by atoms with Gasteiger partial charge in [-0.2, -0.15) is 5.10 Å². The first kappa shape index (κ1) is 22.7. The van der Waals surface area contributed by atoms with E-state index in [1.165, 1.54) is 6.21 Å². The molecule has 29 heavy (non-hydrogen) atoms. The summed E-state index contributed by atoms with van der Waals surface area (Å²) in [6.45, 7) is 3.93. The Morgan fingerprint density at radius 1 is 1.10 bits per heavy atom. The number of halogens is 1. The van der Waals surface area contributed by atoms with E-state index in [1.54, 1.807) is 20.3 Å². The molecule has 0 bridgehead atoms. The van der Waals surface area contributed by atoms with Gasteiger partial charge in [0.15, 0.2) is 11.5 Å². The standard InChI is InChI=1S/C21H24IN3O4/c1-13-6-5-7-17(14(13)2)24-19(26)8-9-20(27)25-23-12-15-10-16(22)21(29-4)18(11-15)28-3/h5-7,10-12H,8-9H2,1-4H3,(H,24,26)(H,25,27). The number of methoxy groups -OCH3 is 2. The van der Waals surface area contributed by atoms with Crippen LogP contribution in [0.2, 0.25) is 0 Å². The van der Waals surface area contributed by atoms with Crippen LogP contribution in [-0.4, -0.2) is 32.2 Å². The summed E-state index contributed by atoms with van der Waals surface area (Å²) in [7, 11) is 3.13. The summed E-state index contributed by atoms with van der Waals surface area (Å²) < 4.78 is 11.4. The number of benzene rings is 2. The number of carbonyl (C=O) groups is 2. The molecule has 0 saturated heterocycles. The molecule has 0 aliphatic carbocycles. The average Bonchev–Trinajstić information content (AvgIpc) is 2.69. The number of anilines is 1. The van der Waals surface area contributed by atoms with Crippen molar-refractivity contribution in [2.24, 2.45) is 5.10 Å². The maximum absolute atomic E-state index is 12.1. The number of aryl methyl sites for hydroxylation is 1. The second-order valence-electron chi connectivity index (χ2n) is 6.33. The lowest BCUT2D eigenvalue weighted by atomic mass is 10.1. The fraction of sp³-hybridized carbons (Fsp3) is 0.286. The summed E-state index contributed by atoms with van der Waals surface area (Å²) in [6.07, 6.45) is 1.62. The smallest absolute Gasteiger partial charge is 0.240 e. The quantitative estimate of drug-likeness (QED) is 0.322. The minimum Gasteiger partial charge on any atom is -0.493 e. The summed E-state index contributed by atoms with van der Waals surface area (Å²) >= 11 is 2.14. The van der Waals surface area contributed by atoms with Crippen molar-refractivity contribution in [2.75, 3.05) is 19.5 Å². The second kappa shape index (κ2) is 10.8. The van der Waals surface area contributed by atoms with Crippen LogP contribution in [0.25, 0.3) is 0 Å². The summed E-state index contributed by atoms with van der Waals surface area (Å²) in [5.41, 5.74) is 6.05. The molecule has 0 spiro atoms. The number of ether oxygens (including phenoxy) is 2. The summed E-state index contributed by atoms with van der Waals surface area (Å²) in [6, 6.07) is 9.32. The van der Waals surface area contributed by atoms with Crippen molar-refractivity contribution >= 4 is 46.3 Å². The molecule has 0 aromatic heterocycles. The Labute approximate surface area is 184 Å². The van der Waals surface area contributed by atoms with Crippen molar-refractivity contribution in [3.05, 3.63) is 50.6 Å². The molecule has 2 aromatic rings. The normalized spacial score (nSPS) is 10.7. The molecule has 2 rings (SSSR count). The van der Waals surface area contributed by atoms with Crippen LogP contribution in [0.5, 0.6) is 11.5 Å². The van der Waals surface area contributed by atoms with Gasteiger partial charge in [0, 0.05) is 18.5 Å². The maximum Gasteiger partial charge on any atom is 0.240 e. The highest BCUT2D eigenvalue weighted by Gasteiger charge is 2.10. The van der Waals surface area contributed by atoms with Gasteiger partial charge in [-0.05, 0) is 71.3 Å². The molecule has 2 N–H and O–H groups in total. The number of amides is 2. The number of nitrogens with zero attached hydrogens (tertiary/aromatic N) is 1. The lowest BCUT2D eigenvalue weighted by Gasteiger charge is -2.10. The van der Waals surface area contributed by atoms with Crippen molar-refractivity contribution in [1.29, 1.82) is 0 Å². The molecule has 0 radical (unpaired) electrons. The van der Waals surface area contributed by atoms with Gasteiger partial charge in [-0.1, -0.05) is 12.1 Å². The van der Waals surface area contributed by atoms with Gasteiger partial charge in [-0.3, -0.25) is 9.59 Å². The monoisotopic (exact) mass is 509 g/mol. The molecular weight excluding hydrogens is 485 g/mol. The van der Waals surface area contributed by atoms with E-state index in [4.69, 9.17) is 9.47 Å². The molecule has 7 nitrogen and oxygen atoms in total. The van der Waals surface area contributed by atoms with Crippen LogP contribution in [-0.2, 0) is 9.59 Å². The highest BCUT2D eigenvalue weighted by molar-refractivity contribution is 14.1. The number of nitrogens with one attached hydrogen (secondary N) is 2. The zero-order valence-corrected chi connectivity index (χ0v) is 19.0. The topological polar surface area (TPSA) is 89.0 Å². The average molecular weight is 509 g/mol. The summed E-state index contributed by atoms with van der Waals surface area (Å²) in [5, 5.41) is 6.78. The SMILES string of the molecule is COc1cc(C=NNC(=O)CCC(=O)Nc2cccc(C)c2C)cc(I)c1OC. The van der Waals surface area contributed by atoms with Gasteiger partial charge >= 0.3 is 0 Å². The molecule has 0 heterocycles. The van der Waals surface area contributed by atoms with Crippen LogP contribution >= 0.6 is 22.6 Å². The Morgan fingerprint density at radius 2 is 1.83 bits per heavy atom. The number of rotatable bonds is 8. The minimum atomic E-state index is -0.340. The summed E-state index contributed by atoms with van der Waals surface area (Å²) in [5.74, 6) is 0.666. The molecule has 2 amide bonds. The van der Waals surface area contributed by atoms with Crippen LogP contribution in [0.3, 0.4) is 0 Å². The van der Waals surface area contributed by atoms with E-state index in [2.05, 4.69) is 38.4 Å². The van der Waals surface area contributed by atoms with E-state index in [0.29, 0.717) is 11.5 Å². The van der Waals surface area contributed by atoms with E-state index < -0.39 is 0 Å². The van der Waals surface area contributed by atoms with Crippen molar-refractivity contribution in [2.45, 2.75) is 26.7 Å². The van der Waals surface area contributed by atoms with Gasteiger partial charge in [-0.25, -0.2) is 5.43 Å². The molecule has 154 valence electrons. The molecule has 2 aromatic carbocycles. The fourth-order valence-corrected chi connectivity index (χ4v) is 3.42. The largest absolute Gasteiger partial charge is 0.493 e. The molecule has 0 unspecified atom stereocenters. The molecular formula is C21H24IN3O4. The lowest BCUT2D eigenvalue weighted by molar-refractivity contribution is -0.124. The van der Waals surface area contributed by atoms with Crippen molar-refractivity contribution in [3.63, 3.8) is 0 Å². The molecule has 0 aliphatic heterocycles. The highest BCUT2D eigenvalue weighted by atomic mass is 127. The van der Waals surface area contributed by atoms with Crippen molar-refractivity contribution in [1.82, 2.24) is 5.43 Å². The van der Waals surface area contributed by atoms with Gasteiger partial charge in [0.1, 0.15) is 0 Å². The lowest BCUT2D eigenvalue weighted by Crippen LogP contribution is -2.21. The molecule has 8 heteroatoms. The molecule has 0 atom stereocenters. The molecule has 0 aliphatic rings. The van der Waals surface area contributed by atoms with Crippen molar-refractivity contribution < 1.29 is 19.1 Å². The Bertz CT molecular complexity index is 928. The van der Waals surface area contributed by atoms with Crippen LogP contribution in [0.15, 0.2) is 35.4 Å². The van der Waals surface area contributed by atoms with E-state index in [1.807, 2.05) is 38.1 Å². The van der Waals surface area contributed by atoms with E-state index >= 15 is 0 Å². The third kappa shape index (κ3) is 6.45. The predicted molar refractivity (Wildman–Crippen MR) is 122 cm³/mol. The van der Waals surface area contributed by atoms with Crippen LogP contribution in [0.4, 0.5) is 5.69 Å². The number of hydrazone groups is 1. The minimum absolute atomic E-state index is 0.0392. The molecule has 0 saturated carbocycles. The zero-order valence-electron chi connectivity index (χ0n) is 16.8. The Morgan fingerprint density at radius 3 is 2.52 bits per heavy atom. The van der Waals surface area contributed by atoms with Gasteiger partial charge in [-0.15, -0.1) is 0 Å². The molecule has 0 fully saturated rings. The Balaban J connectivity index is 1.86. The number of hydrogen-bond donors (Lipinski definition) is 2. The Hall–Kier alpha value is -2.62. The van der Waals surface area contributed by atoms with Crippen molar-refractivity contribution in [3.8, 4) is 11.5 Å². The van der Waals surface area contributed by atoms with E-state index in [-0.39, 0.29) is 24.7 Å². The van der Waals surface area contributed by atoms with Gasteiger partial charge < -0.3 is 14.8 Å². The van der Waals surface area contributed by atoms with Gasteiger partial charge in [0.2, 0.25) is 11.8 Å². The zero-order chi connectivity index (χ0) is 21.4. The van der Waals surface area contributed by atoms with Crippen LogP contribution in [0.1, 0.15) is 29.5 Å². The number of carbonyl (C=O) groups excluding carboxylic acids is 2. The van der Waals surface area contributed by atoms with Crippen LogP contribution in [0, 0.1) is 17.4 Å². The highest BCUT2D eigenvalue weighted by Crippen LogP contribution is 2.33. The van der Waals surface area contributed by atoms with Crippen LogP contribution < -0.4 is 20.2 Å². The second-order valence-corrected chi connectivity index (χ2v) is 7.49. The van der Waals surface area contributed by atoms with E-state index in [9.17, 15) is 9.59 Å². The van der Waals surface area contributed by atoms with E-state index in [0.717, 1.165) is 25.9 Å². The Kier molecular flexibility index (Phi) is 8.44. The third-order valence-corrected chi connectivity index (χ3v) is 5.12. The third-order valence-electron chi connectivity index (χ3n) is 4.32. The summed E-state index contributed by atoms with van der Waals surface area (Å²) in [4.78, 5) is 24.0. The van der Waals surface area contributed by atoms with Gasteiger partial charge in [0.25, 0.3) is 0 Å². The van der Waals surface area contributed by atoms with Gasteiger partial charge in [0.05, 0.1) is 24.0 Å². The maximum atomic E-state index is 12.1. The first-order chi connectivity index (χ1) is 13.8. The fourth-order valence-electron chi connectivity index (χ4n) is 2.57. The first-order valence-corrected chi connectivity index (χ1v) is 10.0. The predicted octanol–water partition coefficient (Wildman–Crippen LogP) is 3.79.